The molecule has 2 aromatic heterocycles. The van der Waals surface area contributed by atoms with Crippen LogP contribution < -0.4 is 9.54 Å². The van der Waals surface area contributed by atoms with Crippen molar-refractivity contribution in [3.05, 3.63) is 35.7 Å². The van der Waals surface area contributed by atoms with Gasteiger partial charge in [0.05, 0.1) is 23.9 Å². The zero-order chi connectivity index (χ0) is 18.5. The Labute approximate surface area is 152 Å². The van der Waals surface area contributed by atoms with Crippen LogP contribution >= 0.6 is 11.3 Å². The van der Waals surface area contributed by atoms with Gasteiger partial charge in [-0.15, -0.1) is 0 Å². The molecule has 0 aliphatic rings. The molecule has 136 valence electrons. The number of esters is 1. The molecule has 0 radical (unpaired) electrons. The molecule has 0 atom stereocenters. The number of carbonyl (C=O) groups is 2. The lowest BCUT2D eigenvalue weighted by Crippen LogP contribution is -2.23. The number of methoxy groups -OCH3 is 1. The molecule has 10 heteroatoms. The van der Waals surface area contributed by atoms with Crippen molar-refractivity contribution in [2.24, 2.45) is 4.99 Å². The van der Waals surface area contributed by atoms with Gasteiger partial charge >= 0.3 is 5.97 Å². The molecule has 0 fully saturated rings. The van der Waals surface area contributed by atoms with Crippen molar-refractivity contribution in [1.82, 2.24) is 19.3 Å². The van der Waals surface area contributed by atoms with Gasteiger partial charge in [-0.1, -0.05) is 11.3 Å². The van der Waals surface area contributed by atoms with Gasteiger partial charge in [0.25, 0.3) is 5.91 Å². The van der Waals surface area contributed by atoms with E-state index >= 15 is 0 Å². The first kappa shape index (κ1) is 17.8. The van der Waals surface area contributed by atoms with E-state index in [1.54, 1.807) is 24.7 Å². The van der Waals surface area contributed by atoms with E-state index in [9.17, 15) is 9.59 Å². The quantitative estimate of drug-likeness (QED) is 0.596. The molecule has 26 heavy (non-hydrogen) atoms. The third kappa shape index (κ3) is 3.97. The highest BCUT2D eigenvalue weighted by Gasteiger charge is 2.13. The molecule has 3 rings (SSSR count). The SMILES string of the molecule is CCOC(=O)Cn1c(=NC(=O)Cn2cncn2)sc2cc(OC)ccc21. The van der Waals surface area contributed by atoms with E-state index in [0.29, 0.717) is 10.6 Å². The van der Waals surface area contributed by atoms with Crippen molar-refractivity contribution in [2.75, 3.05) is 13.7 Å². The van der Waals surface area contributed by atoms with Crippen LogP contribution in [0.4, 0.5) is 0 Å². The first-order valence-corrected chi connectivity index (χ1v) is 8.65. The topological polar surface area (TPSA) is 101 Å². The summed E-state index contributed by atoms with van der Waals surface area (Å²) in [7, 11) is 1.58. The minimum atomic E-state index is -0.397. The third-order valence-electron chi connectivity index (χ3n) is 3.47. The second kappa shape index (κ2) is 7.91. The predicted molar refractivity (Wildman–Crippen MR) is 93.6 cm³/mol. The molecule has 9 nitrogen and oxygen atoms in total. The number of fused-ring (bicyclic) bond motifs is 1. The third-order valence-corrected chi connectivity index (χ3v) is 4.51. The molecule has 0 aliphatic carbocycles. The van der Waals surface area contributed by atoms with Crippen LogP contribution in [0, 0.1) is 0 Å². The minimum absolute atomic E-state index is 0.0308. The summed E-state index contributed by atoms with van der Waals surface area (Å²) >= 11 is 1.30. The van der Waals surface area contributed by atoms with Gasteiger partial charge in [-0.25, -0.2) is 9.67 Å². The van der Waals surface area contributed by atoms with E-state index < -0.39 is 11.9 Å². The van der Waals surface area contributed by atoms with Crippen LogP contribution in [0.5, 0.6) is 5.75 Å². The number of thiazole rings is 1. The second-order valence-electron chi connectivity index (χ2n) is 5.21. The summed E-state index contributed by atoms with van der Waals surface area (Å²) in [4.78, 5) is 32.5. The molecule has 0 aliphatic heterocycles. The zero-order valence-electron chi connectivity index (χ0n) is 14.3. The van der Waals surface area contributed by atoms with Gasteiger partial charge in [0, 0.05) is 0 Å². The number of rotatable bonds is 6. The summed E-state index contributed by atoms with van der Waals surface area (Å²) < 4.78 is 14.2. The molecule has 3 aromatic rings. The maximum Gasteiger partial charge on any atom is 0.326 e. The number of benzene rings is 1. The number of ether oxygens (including phenoxy) is 2. The molecule has 1 aromatic carbocycles. The average molecular weight is 375 g/mol. The fourth-order valence-corrected chi connectivity index (χ4v) is 3.42. The predicted octanol–water partition coefficient (Wildman–Crippen LogP) is 0.993. The highest BCUT2D eigenvalue weighted by atomic mass is 32.1. The summed E-state index contributed by atoms with van der Waals surface area (Å²) in [5, 5.41) is 3.89. The van der Waals surface area contributed by atoms with Gasteiger partial charge in [-0.05, 0) is 25.1 Å². The lowest BCUT2D eigenvalue weighted by molar-refractivity contribution is -0.143. The van der Waals surface area contributed by atoms with E-state index in [2.05, 4.69) is 15.1 Å². The zero-order valence-corrected chi connectivity index (χ0v) is 15.1. The van der Waals surface area contributed by atoms with Crippen molar-refractivity contribution in [1.29, 1.82) is 0 Å². The van der Waals surface area contributed by atoms with Gasteiger partial charge in [0.2, 0.25) is 0 Å². The Hall–Kier alpha value is -3.01. The highest BCUT2D eigenvalue weighted by Crippen LogP contribution is 2.23. The number of aromatic nitrogens is 4. The lowest BCUT2D eigenvalue weighted by atomic mass is 10.3. The standard InChI is InChI=1S/C16H17N5O4S/c1-3-25-15(23)8-21-12-5-4-11(24-2)6-13(12)26-16(21)19-14(22)7-20-10-17-9-18-20/h4-6,9-10H,3,7-8H2,1-2H3. The molecule has 0 spiro atoms. The first-order valence-electron chi connectivity index (χ1n) is 7.83. The van der Waals surface area contributed by atoms with Crippen LogP contribution in [-0.2, 0) is 27.4 Å². The van der Waals surface area contributed by atoms with Crippen LogP contribution in [0.3, 0.4) is 0 Å². The molecule has 2 heterocycles. The Kier molecular flexibility index (Phi) is 5.42. The maximum absolute atomic E-state index is 12.2. The van der Waals surface area contributed by atoms with Gasteiger partial charge in [-0.2, -0.15) is 10.1 Å². The Balaban J connectivity index is 2.02. The molecule has 0 unspecified atom stereocenters. The Morgan fingerprint density at radius 3 is 2.85 bits per heavy atom. The fraction of sp³-hybridized carbons (Fsp3) is 0.312. The Morgan fingerprint density at radius 1 is 1.31 bits per heavy atom. The summed E-state index contributed by atoms with van der Waals surface area (Å²) in [5.74, 6) is -0.109. The first-order chi connectivity index (χ1) is 12.6. The fourth-order valence-electron chi connectivity index (χ4n) is 2.35. The van der Waals surface area contributed by atoms with Crippen molar-refractivity contribution in [3.8, 4) is 5.75 Å². The Bertz CT molecular complexity index is 990. The van der Waals surface area contributed by atoms with Crippen molar-refractivity contribution < 1.29 is 19.1 Å². The molecular weight excluding hydrogens is 358 g/mol. The van der Waals surface area contributed by atoms with Crippen molar-refractivity contribution in [3.63, 3.8) is 0 Å². The molecule has 0 bridgehead atoms. The van der Waals surface area contributed by atoms with E-state index in [4.69, 9.17) is 9.47 Å². The van der Waals surface area contributed by atoms with Crippen molar-refractivity contribution >= 4 is 33.4 Å². The summed E-state index contributed by atoms with van der Waals surface area (Å²) in [6.07, 6.45) is 2.79. The lowest BCUT2D eigenvalue weighted by Gasteiger charge is -2.05. The van der Waals surface area contributed by atoms with E-state index in [0.717, 1.165) is 10.2 Å². The van der Waals surface area contributed by atoms with Crippen LogP contribution in [0.2, 0.25) is 0 Å². The number of hydrogen-bond donors (Lipinski definition) is 0. The van der Waals surface area contributed by atoms with Crippen LogP contribution in [0.1, 0.15) is 6.92 Å². The number of carbonyl (C=O) groups excluding carboxylic acids is 2. The normalized spacial score (nSPS) is 11.7. The molecule has 1 amide bonds. The average Bonchev–Trinajstić information content (AvgIpc) is 3.23. The molecule has 0 saturated heterocycles. The molecule has 0 saturated carbocycles. The summed E-state index contributed by atoms with van der Waals surface area (Å²) in [6.45, 7) is 1.96. The number of hydrogen-bond acceptors (Lipinski definition) is 7. The van der Waals surface area contributed by atoms with E-state index in [-0.39, 0.29) is 19.7 Å². The van der Waals surface area contributed by atoms with Crippen molar-refractivity contribution in [2.45, 2.75) is 20.0 Å². The summed E-state index contributed by atoms with van der Waals surface area (Å²) in [5.41, 5.74) is 0.774. The second-order valence-corrected chi connectivity index (χ2v) is 6.22. The summed E-state index contributed by atoms with van der Waals surface area (Å²) in [6, 6.07) is 5.45. The minimum Gasteiger partial charge on any atom is -0.497 e. The number of nitrogens with zero attached hydrogens (tertiary/aromatic N) is 5. The Morgan fingerprint density at radius 2 is 2.15 bits per heavy atom. The maximum atomic E-state index is 12.2. The van der Waals surface area contributed by atoms with Gasteiger partial charge in [0.15, 0.2) is 4.80 Å². The number of amides is 1. The highest BCUT2D eigenvalue weighted by molar-refractivity contribution is 7.16. The van der Waals surface area contributed by atoms with E-state index in [1.165, 1.54) is 28.7 Å². The van der Waals surface area contributed by atoms with Gasteiger partial charge < -0.3 is 14.0 Å². The largest absolute Gasteiger partial charge is 0.497 e. The molecule has 0 N–H and O–H groups in total. The van der Waals surface area contributed by atoms with Crippen LogP contribution in [0.25, 0.3) is 10.2 Å². The van der Waals surface area contributed by atoms with Crippen LogP contribution in [-0.4, -0.2) is 44.9 Å². The smallest absolute Gasteiger partial charge is 0.326 e. The van der Waals surface area contributed by atoms with Gasteiger partial charge in [-0.3, -0.25) is 9.59 Å². The monoisotopic (exact) mass is 375 g/mol. The van der Waals surface area contributed by atoms with E-state index in [1.807, 2.05) is 12.1 Å². The van der Waals surface area contributed by atoms with Gasteiger partial charge in [0.1, 0.15) is 31.5 Å². The van der Waals surface area contributed by atoms with Crippen LogP contribution in [0.15, 0.2) is 35.8 Å². The molecular formula is C16H17N5O4S.